The van der Waals surface area contributed by atoms with Crippen molar-refractivity contribution in [1.82, 2.24) is 0 Å². The van der Waals surface area contributed by atoms with Crippen molar-refractivity contribution in [2.45, 2.75) is 26.2 Å². The summed E-state index contributed by atoms with van der Waals surface area (Å²) in [5.74, 6) is -1.58. The third-order valence-electron chi connectivity index (χ3n) is 1.48. The summed E-state index contributed by atoms with van der Waals surface area (Å²) in [4.78, 5) is 20.5. The van der Waals surface area contributed by atoms with Gasteiger partial charge in [-0.25, -0.2) is 0 Å². The second-order valence-corrected chi connectivity index (χ2v) is 2.60. The molecule has 0 aromatic rings. The van der Waals surface area contributed by atoms with E-state index in [1.807, 2.05) is 0 Å². The van der Waals surface area contributed by atoms with Gasteiger partial charge in [0, 0.05) is 6.42 Å². The van der Waals surface area contributed by atoms with Crippen molar-refractivity contribution in [2.75, 3.05) is 0 Å². The van der Waals surface area contributed by atoms with E-state index in [0.717, 1.165) is 0 Å². The van der Waals surface area contributed by atoms with Gasteiger partial charge in [0.15, 0.2) is 0 Å². The smallest absolute Gasteiger partial charge is 0.306 e. The summed E-state index contributed by atoms with van der Waals surface area (Å²) in [5.41, 5.74) is 4.87. The largest absolute Gasteiger partial charge is 0.481 e. The van der Waals surface area contributed by atoms with Crippen LogP contribution in [0.5, 0.6) is 0 Å². The molecule has 3 N–H and O–H groups in total. The van der Waals surface area contributed by atoms with Gasteiger partial charge < -0.3 is 10.8 Å². The van der Waals surface area contributed by atoms with E-state index in [4.69, 9.17) is 10.8 Å². The van der Waals surface area contributed by atoms with Gasteiger partial charge >= 0.3 is 5.97 Å². The predicted octanol–water partition coefficient (Wildman–Crippen LogP) is 0.363. The molecule has 0 radical (unpaired) electrons. The summed E-state index contributed by atoms with van der Waals surface area (Å²) in [6.07, 6.45) is 1.35. The molecule has 0 aliphatic rings. The van der Waals surface area contributed by atoms with Crippen LogP contribution in [-0.2, 0) is 9.59 Å². The predicted molar refractivity (Wildman–Crippen MR) is 39.8 cm³/mol. The molecule has 64 valence electrons. The standard InChI is InChI=1S/C7H13NO3/c1-5(7(10)11)3-2-4-6(8)9/h5H,2-4H2,1H3,(H2,8,9)(H,10,11)/t5-/m0/s1. The zero-order chi connectivity index (χ0) is 8.85. The van der Waals surface area contributed by atoms with Crippen molar-refractivity contribution in [3.63, 3.8) is 0 Å². The Bertz CT molecular complexity index is 156. The van der Waals surface area contributed by atoms with Crippen LogP contribution in [0.2, 0.25) is 0 Å². The lowest BCUT2D eigenvalue weighted by molar-refractivity contribution is -0.141. The number of rotatable bonds is 5. The molecule has 4 heteroatoms. The molecule has 0 aliphatic heterocycles. The number of carbonyl (C=O) groups is 2. The molecule has 1 amide bonds. The maximum atomic E-state index is 10.3. The Morgan fingerprint density at radius 3 is 2.45 bits per heavy atom. The van der Waals surface area contributed by atoms with E-state index in [2.05, 4.69) is 0 Å². The van der Waals surface area contributed by atoms with E-state index in [1.54, 1.807) is 6.92 Å². The molecule has 0 bridgehead atoms. The van der Waals surface area contributed by atoms with E-state index < -0.39 is 5.97 Å². The number of hydrogen-bond donors (Lipinski definition) is 2. The van der Waals surface area contributed by atoms with Gasteiger partial charge in [-0.3, -0.25) is 9.59 Å². The quantitative estimate of drug-likeness (QED) is 0.607. The maximum absolute atomic E-state index is 10.3. The minimum atomic E-state index is -0.825. The highest BCUT2D eigenvalue weighted by atomic mass is 16.4. The van der Waals surface area contributed by atoms with Crippen molar-refractivity contribution >= 4 is 11.9 Å². The fraction of sp³-hybridized carbons (Fsp3) is 0.714. The molecule has 4 nitrogen and oxygen atoms in total. The van der Waals surface area contributed by atoms with Crippen molar-refractivity contribution < 1.29 is 14.7 Å². The molecule has 0 heterocycles. The molecule has 0 spiro atoms. The van der Waals surface area contributed by atoms with Crippen LogP contribution in [0.4, 0.5) is 0 Å². The summed E-state index contributed by atoms with van der Waals surface area (Å²) in [5, 5.41) is 8.43. The van der Waals surface area contributed by atoms with Crippen molar-refractivity contribution in [2.24, 2.45) is 11.7 Å². The van der Waals surface area contributed by atoms with Crippen LogP contribution < -0.4 is 5.73 Å². The van der Waals surface area contributed by atoms with Gasteiger partial charge in [-0.1, -0.05) is 6.92 Å². The second kappa shape index (κ2) is 4.71. The van der Waals surface area contributed by atoms with E-state index in [9.17, 15) is 9.59 Å². The Balaban J connectivity index is 3.39. The highest BCUT2D eigenvalue weighted by Gasteiger charge is 2.09. The number of aliphatic carboxylic acids is 1. The Labute approximate surface area is 65.4 Å². The van der Waals surface area contributed by atoms with Crippen molar-refractivity contribution in [3.8, 4) is 0 Å². The van der Waals surface area contributed by atoms with Crippen LogP contribution in [0.25, 0.3) is 0 Å². The first-order chi connectivity index (χ1) is 5.04. The van der Waals surface area contributed by atoms with Gasteiger partial charge in [-0.2, -0.15) is 0 Å². The minimum Gasteiger partial charge on any atom is -0.481 e. The lowest BCUT2D eigenvalue weighted by Gasteiger charge is -2.02. The minimum absolute atomic E-state index is 0.275. The van der Waals surface area contributed by atoms with Crippen LogP contribution in [0, 0.1) is 5.92 Å². The van der Waals surface area contributed by atoms with Crippen LogP contribution in [-0.4, -0.2) is 17.0 Å². The molecule has 0 aliphatic carbocycles. The first kappa shape index (κ1) is 9.94. The number of carbonyl (C=O) groups excluding carboxylic acids is 1. The van der Waals surface area contributed by atoms with E-state index in [-0.39, 0.29) is 18.2 Å². The SMILES string of the molecule is C[C@@H](CCCC(N)=O)C(=O)O. The van der Waals surface area contributed by atoms with Gasteiger partial charge in [0.2, 0.25) is 5.91 Å². The Morgan fingerprint density at radius 2 is 2.09 bits per heavy atom. The molecular weight excluding hydrogens is 146 g/mol. The third kappa shape index (κ3) is 5.39. The molecule has 0 rings (SSSR count). The summed E-state index contributed by atoms with van der Waals surface area (Å²) >= 11 is 0. The average molecular weight is 159 g/mol. The lowest BCUT2D eigenvalue weighted by atomic mass is 10.0. The average Bonchev–Trinajstić information content (AvgIpc) is 1.86. The zero-order valence-electron chi connectivity index (χ0n) is 6.54. The fourth-order valence-corrected chi connectivity index (χ4v) is 0.706. The second-order valence-electron chi connectivity index (χ2n) is 2.60. The van der Waals surface area contributed by atoms with E-state index >= 15 is 0 Å². The Morgan fingerprint density at radius 1 is 1.55 bits per heavy atom. The first-order valence-corrected chi connectivity index (χ1v) is 3.55. The summed E-state index contributed by atoms with van der Waals surface area (Å²) in [6.45, 7) is 1.61. The summed E-state index contributed by atoms with van der Waals surface area (Å²) in [6, 6.07) is 0. The van der Waals surface area contributed by atoms with Crippen LogP contribution >= 0.6 is 0 Å². The number of nitrogens with two attached hydrogens (primary N) is 1. The lowest BCUT2D eigenvalue weighted by Crippen LogP contribution is -2.13. The topological polar surface area (TPSA) is 80.4 Å². The van der Waals surface area contributed by atoms with Crippen molar-refractivity contribution in [3.05, 3.63) is 0 Å². The number of amides is 1. The monoisotopic (exact) mass is 159 g/mol. The molecular formula is C7H13NO3. The number of hydrogen-bond acceptors (Lipinski definition) is 2. The van der Waals surface area contributed by atoms with Gasteiger partial charge in [-0.15, -0.1) is 0 Å². The van der Waals surface area contributed by atoms with Crippen LogP contribution in [0.15, 0.2) is 0 Å². The number of primary amides is 1. The van der Waals surface area contributed by atoms with Crippen LogP contribution in [0.3, 0.4) is 0 Å². The van der Waals surface area contributed by atoms with Gasteiger partial charge in [0.05, 0.1) is 5.92 Å². The van der Waals surface area contributed by atoms with E-state index in [1.165, 1.54) is 0 Å². The van der Waals surface area contributed by atoms with Gasteiger partial charge in [-0.05, 0) is 12.8 Å². The molecule has 0 fully saturated rings. The highest BCUT2D eigenvalue weighted by Crippen LogP contribution is 2.06. The molecule has 0 aromatic carbocycles. The molecule has 0 saturated carbocycles. The third-order valence-corrected chi connectivity index (χ3v) is 1.48. The Hall–Kier alpha value is -1.06. The molecule has 11 heavy (non-hydrogen) atoms. The zero-order valence-corrected chi connectivity index (χ0v) is 6.54. The van der Waals surface area contributed by atoms with Crippen LogP contribution in [0.1, 0.15) is 26.2 Å². The molecule has 0 unspecified atom stereocenters. The fourth-order valence-electron chi connectivity index (χ4n) is 0.706. The normalized spacial score (nSPS) is 12.5. The summed E-state index contributed by atoms with van der Waals surface area (Å²) in [7, 11) is 0. The van der Waals surface area contributed by atoms with Gasteiger partial charge in [0.1, 0.15) is 0 Å². The van der Waals surface area contributed by atoms with Crippen molar-refractivity contribution in [1.29, 1.82) is 0 Å². The van der Waals surface area contributed by atoms with Gasteiger partial charge in [0.25, 0.3) is 0 Å². The Kier molecular flexibility index (Phi) is 4.26. The maximum Gasteiger partial charge on any atom is 0.306 e. The number of carboxylic acid groups (broad SMARTS) is 1. The molecule has 0 saturated heterocycles. The summed E-state index contributed by atoms with van der Waals surface area (Å²) < 4.78 is 0. The molecule has 1 atom stereocenters. The first-order valence-electron chi connectivity index (χ1n) is 3.55. The number of carboxylic acids is 1. The highest BCUT2D eigenvalue weighted by molar-refractivity contribution is 5.73. The molecule has 0 aromatic heterocycles. The van der Waals surface area contributed by atoms with E-state index in [0.29, 0.717) is 12.8 Å².